The molecule has 1 aromatic rings. The molecule has 0 aromatic heterocycles. The molecule has 4 nitrogen and oxygen atoms in total. The Balaban J connectivity index is 1.74. The smallest absolute Gasteiger partial charge is 0.161 e. The van der Waals surface area contributed by atoms with Gasteiger partial charge in [-0.05, 0) is 50.9 Å². The molecule has 2 saturated heterocycles. The Morgan fingerprint density at radius 3 is 2.95 bits per heavy atom. The molecule has 2 fully saturated rings. The number of carbonyl (C=O) groups excluding carboxylic acids is 1. The first kappa shape index (κ1) is 13.4. The van der Waals surface area contributed by atoms with Gasteiger partial charge in [0.25, 0.3) is 0 Å². The molecule has 20 heavy (non-hydrogen) atoms. The second-order valence-electron chi connectivity index (χ2n) is 6.00. The number of hydrogen-bond acceptors (Lipinski definition) is 4. The van der Waals surface area contributed by atoms with E-state index in [0.29, 0.717) is 23.3 Å². The summed E-state index contributed by atoms with van der Waals surface area (Å²) >= 11 is 0. The van der Waals surface area contributed by atoms with Gasteiger partial charge in [0, 0.05) is 35.6 Å². The third kappa shape index (κ3) is 2.52. The van der Waals surface area contributed by atoms with E-state index in [9.17, 15) is 4.79 Å². The standard InChI is InChI=1S/C16H23N3O/c1-11(20)13-10-12(5-6-14(13)17)18-15-7-9-19-8-3-2-4-16(15)19/h5-6,10,15-16,18H,2-4,7-9,17H2,1H3. The van der Waals surface area contributed by atoms with Crippen LogP contribution in [0, 0.1) is 0 Å². The van der Waals surface area contributed by atoms with Gasteiger partial charge in [-0.3, -0.25) is 9.69 Å². The Hall–Kier alpha value is -1.55. The maximum Gasteiger partial charge on any atom is 0.161 e. The summed E-state index contributed by atoms with van der Waals surface area (Å²) in [5.41, 5.74) is 8.05. The van der Waals surface area contributed by atoms with Crippen LogP contribution in [0.3, 0.4) is 0 Å². The monoisotopic (exact) mass is 273 g/mol. The average Bonchev–Trinajstić information content (AvgIpc) is 2.84. The lowest BCUT2D eigenvalue weighted by Gasteiger charge is -2.33. The van der Waals surface area contributed by atoms with Gasteiger partial charge in [0.15, 0.2) is 5.78 Å². The molecule has 2 atom stereocenters. The molecule has 0 saturated carbocycles. The number of piperidine rings is 1. The van der Waals surface area contributed by atoms with Crippen LogP contribution in [0.25, 0.3) is 0 Å². The highest BCUT2D eigenvalue weighted by Crippen LogP contribution is 2.30. The van der Waals surface area contributed by atoms with Crippen molar-refractivity contribution in [3.05, 3.63) is 23.8 Å². The fourth-order valence-electron chi connectivity index (χ4n) is 3.58. The van der Waals surface area contributed by atoms with E-state index < -0.39 is 0 Å². The minimum absolute atomic E-state index is 0.0249. The zero-order valence-corrected chi connectivity index (χ0v) is 12.1. The molecule has 4 heteroatoms. The number of nitrogens with one attached hydrogen (secondary N) is 1. The van der Waals surface area contributed by atoms with Crippen molar-refractivity contribution in [3.8, 4) is 0 Å². The van der Waals surface area contributed by atoms with Crippen LogP contribution >= 0.6 is 0 Å². The van der Waals surface area contributed by atoms with Crippen molar-refractivity contribution >= 4 is 17.2 Å². The molecule has 0 amide bonds. The zero-order valence-electron chi connectivity index (χ0n) is 12.1. The van der Waals surface area contributed by atoms with E-state index >= 15 is 0 Å². The Bertz CT molecular complexity index is 514. The van der Waals surface area contributed by atoms with Crippen LogP contribution < -0.4 is 11.1 Å². The van der Waals surface area contributed by atoms with Crippen molar-refractivity contribution < 1.29 is 4.79 Å². The topological polar surface area (TPSA) is 58.4 Å². The lowest BCUT2D eigenvalue weighted by molar-refractivity contribution is 0.101. The molecule has 1 aromatic carbocycles. The van der Waals surface area contributed by atoms with Crippen LogP contribution in [0.5, 0.6) is 0 Å². The first-order valence-electron chi connectivity index (χ1n) is 7.56. The SMILES string of the molecule is CC(=O)c1cc(NC2CCN3CCCCC23)ccc1N. The van der Waals surface area contributed by atoms with Crippen molar-refractivity contribution in [1.29, 1.82) is 0 Å². The minimum Gasteiger partial charge on any atom is -0.398 e. The molecule has 0 aliphatic carbocycles. The minimum atomic E-state index is 0.0249. The van der Waals surface area contributed by atoms with E-state index in [1.165, 1.54) is 38.8 Å². The van der Waals surface area contributed by atoms with Gasteiger partial charge in [-0.2, -0.15) is 0 Å². The molecule has 2 unspecified atom stereocenters. The highest BCUT2D eigenvalue weighted by molar-refractivity contribution is 6.00. The van der Waals surface area contributed by atoms with Crippen molar-refractivity contribution in [2.24, 2.45) is 0 Å². The van der Waals surface area contributed by atoms with Gasteiger partial charge in [-0.25, -0.2) is 0 Å². The van der Waals surface area contributed by atoms with Crippen molar-refractivity contribution in [2.75, 3.05) is 24.1 Å². The highest BCUT2D eigenvalue weighted by atomic mass is 16.1. The van der Waals surface area contributed by atoms with Crippen LogP contribution in [0.15, 0.2) is 18.2 Å². The van der Waals surface area contributed by atoms with Crippen molar-refractivity contribution in [3.63, 3.8) is 0 Å². The van der Waals surface area contributed by atoms with E-state index in [-0.39, 0.29) is 5.78 Å². The molecule has 2 heterocycles. The zero-order chi connectivity index (χ0) is 14.1. The Morgan fingerprint density at radius 2 is 2.15 bits per heavy atom. The van der Waals surface area contributed by atoms with Crippen LogP contribution in [0.2, 0.25) is 0 Å². The molecule has 2 aliphatic heterocycles. The van der Waals surface area contributed by atoms with E-state index in [4.69, 9.17) is 5.73 Å². The third-order valence-corrected chi connectivity index (χ3v) is 4.64. The second kappa shape index (κ2) is 5.44. The number of hydrogen-bond donors (Lipinski definition) is 2. The van der Waals surface area contributed by atoms with Gasteiger partial charge < -0.3 is 11.1 Å². The van der Waals surface area contributed by atoms with Crippen molar-refractivity contribution in [2.45, 2.75) is 44.7 Å². The van der Waals surface area contributed by atoms with Crippen LogP contribution in [-0.2, 0) is 0 Å². The number of anilines is 2. The largest absolute Gasteiger partial charge is 0.398 e. The lowest BCUT2D eigenvalue weighted by Crippen LogP contribution is -2.41. The number of Topliss-reactive ketones (excluding diaryl/α,β-unsaturated/α-hetero) is 1. The summed E-state index contributed by atoms with van der Waals surface area (Å²) in [5.74, 6) is 0.0249. The molecular formula is C16H23N3O. The summed E-state index contributed by atoms with van der Waals surface area (Å²) < 4.78 is 0. The molecule has 0 bridgehead atoms. The predicted octanol–water partition coefficient (Wildman–Crippen LogP) is 2.51. The van der Waals surface area contributed by atoms with E-state index in [1.807, 2.05) is 18.2 Å². The number of fused-ring (bicyclic) bond motifs is 1. The van der Waals surface area contributed by atoms with Crippen LogP contribution in [0.4, 0.5) is 11.4 Å². The van der Waals surface area contributed by atoms with Gasteiger partial charge in [0.1, 0.15) is 0 Å². The van der Waals surface area contributed by atoms with E-state index in [2.05, 4.69) is 10.2 Å². The molecule has 2 aliphatic rings. The average molecular weight is 273 g/mol. The number of carbonyl (C=O) groups is 1. The molecule has 0 spiro atoms. The fourth-order valence-corrected chi connectivity index (χ4v) is 3.58. The summed E-state index contributed by atoms with van der Waals surface area (Å²) in [7, 11) is 0. The normalized spacial score (nSPS) is 26.2. The van der Waals surface area contributed by atoms with E-state index in [1.54, 1.807) is 6.92 Å². The summed E-state index contributed by atoms with van der Waals surface area (Å²) in [6, 6.07) is 6.85. The van der Waals surface area contributed by atoms with Gasteiger partial charge in [-0.15, -0.1) is 0 Å². The van der Waals surface area contributed by atoms with Crippen LogP contribution in [0.1, 0.15) is 43.0 Å². The van der Waals surface area contributed by atoms with Gasteiger partial charge >= 0.3 is 0 Å². The number of nitrogen functional groups attached to an aromatic ring is 1. The summed E-state index contributed by atoms with van der Waals surface area (Å²) in [4.78, 5) is 14.2. The maximum atomic E-state index is 11.6. The summed E-state index contributed by atoms with van der Waals surface area (Å²) in [6.45, 7) is 3.99. The molecule has 3 rings (SSSR count). The number of benzene rings is 1. The first-order chi connectivity index (χ1) is 9.65. The number of nitrogens with zero attached hydrogens (tertiary/aromatic N) is 1. The van der Waals surface area contributed by atoms with Gasteiger partial charge in [-0.1, -0.05) is 6.42 Å². The fraction of sp³-hybridized carbons (Fsp3) is 0.562. The maximum absolute atomic E-state index is 11.6. The number of ketones is 1. The highest BCUT2D eigenvalue weighted by Gasteiger charge is 2.35. The van der Waals surface area contributed by atoms with Crippen LogP contribution in [-0.4, -0.2) is 35.9 Å². The number of nitrogens with two attached hydrogens (primary N) is 1. The third-order valence-electron chi connectivity index (χ3n) is 4.64. The van der Waals surface area contributed by atoms with E-state index in [0.717, 1.165) is 5.69 Å². The molecule has 108 valence electrons. The molecule has 0 radical (unpaired) electrons. The Morgan fingerprint density at radius 1 is 1.30 bits per heavy atom. The quantitative estimate of drug-likeness (QED) is 0.656. The first-order valence-corrected chi connectivity index (χ1v) is 7.56. The summed E-state index contributed by atoms with van der Waals surface area (Å²) in [6.07, 6.45) is 5.13. The lowest BCUT2D eigenvalue weighted by atomic mass is 9.98. The molecule has 3 N–H and O–H groups in total. The Kier molecular flexibility index (Phi) is 3.66. The number of rotatable bonds is 3. The summed E-state index contributed by atoms with van der Waals surface area (Å²) in [5, 5.41) is 3.61. The van der Waals surface area contributed by atoms with Gasteiger partial charge in [0.2, 0.25) is 0 Å². The van der Waals surface area contributed by atoms with Crippen molar-refractivity contribution in [1.82, 2.24) is 4.90 Å². The predicted molar refractivity (Wildman–Crippen MR) is 82.1 cm³/mol. The second-order valence-corrected chi connectivity index (χ2v) is 6.00. The van der Waals surface area contributed by atoms with Gasteiger partial charge in [0.05, 0.1) is 0 Å². The molecular weight excluding hydrogens is 250 g/mol. The Labute approximate surface area is 120 Å².